The zero-order chi connectivity index (χ0) is 44.6. The van der Waals surface area contributed by atoms with Crippen LogP contribution in [0.25, 0.3) is 0 Å². The largest absolute Gasteiger partial charge is 0.524 e. The van der Waals surface area contributed by atoms with E-state index in [1.807, 2.05) is 0 Å². The summed E-state index contributed by atoms with van der Waals surface area (Å²) in [6, 6.07) is 4.51. The van der Waals surface area contributed by atoms with E-state index >= 15 is 0 Å². The molecule has 1 heterocycles. The van der Waals surface area contributed by atoms with Gasteiger partial charge in [-0.15, -0.1) is 0 Å². The van der Waals surface area contributed by atoms with Gasteiger partial charge in [-0.3, -0.25) is 43.3 Å². The first-order valence-electron chi connectivity index (χ1n) is 18.7. The molecule has 0 bridgehead atoms. The molecule has 2 aromatic rings. The highest BCUT2D eigenvalue weighted by Crippen LogP contribution is 2.37. The Morgan fingerprint density at radius 3 is 1.98 bits per heavy atom. The molecule has 0 saturated carbocycles. The summed E-state index contributed by atoms with van der Waals surface area (Å²) in [5.74, 6) is -6.68. The van der Waals surface area contributed by atoms with Crippen LogP contribution in [0.15, 0.2) is 54.6 Å². The first-order valence-corrected chi connectivity index (χ1v) is 20.2. The van der Waals surface area contributed by atoms with E-state index in [2.05, 4.69) is 31.1 Å². The van der Waals surface area contributed by atoms with Gasteiger partial charge >= 0.3 is 13.8 Å². The van der Waals surface area contributed by atoms with E-state index in [1.54, 1.807) is 30.3 Å². The molecule has 328 valence electrons. The van der Waals surface area contributed by atoms with Crippen molar-refractivity contribution < 1.29 is 72.6 Å². The second-order valence-electron chi connectivity index (χ2n) is 13.9. The van der Waals surface area contributed by atoms with Gasteiger partial charge in [0.15, 0.2) is 0 Å². The maximum atomic E-state index is 14.2. The van der Waals surface area contributed by atoms with Crippen LogP contribution in [-0.4, -0.2) is 140 Å². The molecule has 0 radical (unpaired) electrons. The molecule has 22 nitrogen and oxygen atoms in total. The van der Waals surface area contributed by atoms with Crippen LogP contribution in [0.2, 0.25) is 0 Å². The predicted molar refractivity (Wildman–Crippen MR) is 208 cm³/mol. The maximum absolute atomic E-state index is 14.2. The number of hydrogen-bond acceptors (Lipinski definition) is 13. The van der Waals surface area contributed by atoms with Crippen LogP contribution >= 0.6 is 7.82 Å². The number of likely N-dealkylation sites (tertiary alicyclic amines) is 1. The van der Waals surface area contributed by atoms with Crippen molar-refractivity contribution in [1.82, 2.24) is 31.5 Å². The number of aliphatic hydroxyl groups excluding tert-OH is 2. The summed E-state index contributed by atoms with van der Waals surface area (Å²) in [5, 5.41) is 40.5. The van der Waals surface area contributed by atoms with Crippen LogP contribution in [0.3, 0.4) is 0 Å². The first-order chi connectivity index (χ1) is 28.3. The monoisotopic (exact) mass is 863 g/mol. The van der Waals surface area contributed by atoms with E-state index in [1.165, 1.54) is 31.2 Å². The van der Waals surface area contributed by atoms with Crippen LogP contribution in [0.4, 0.5) is 0 Å². The summed E-state index contributed by atoms with van der Waals surface area (Å²) >= 11 is 0. The highest BCUT2D eigenvalue weighted by Gasteiger charge is 2.39. The Morgan fingerprint density at radius 2 is 1.40 bits per heavy atom. The topological polar surface area (TPSA) is 353 Å². The summed E-state index contributed by atoms with van der Waals surface area (Å²) in [7, 11) is -4.90. The van der Waals surface area contributed by atoms with Crippen molar-refractivity contribution in [1.29, 1.82) is 0 Å². The molecule has 1 fully saturated rings. The number of nitrogens with two attached hydrogens (primary N) is 1. The Kier molecular flexibility index (Phi) is 18.7. The molecule has 1 aliphatic heterocycles. The molecule has 1 saturated heterocycles. The fourth-order valence-electron chi connectivity index (χ4n) is 6.07. The third kappa shape index (κ3) is 15.4. The van der Waals surface area contributed by atoms with E-state index in [-0.39, 0.29) is 38.0 Å². The predicted octanol–water partition coefficient (Wildman–Crippen LogP) is -3.25. The normalized spacial score (nSPS) is 16.8. The Morgan fingerprint density at radius 1 is 0.817 bits per heavy atom. The number of hydrogen-bond donors (Lipinski definition) is 11. The van der Waals surface area contributed by atoms with Crippen LogP contribution in [-0.2, 0) is 55.8 Å². The third-order valence-electron chi connectivity index (χ3n) is 9.22. The van der Waals surface area contributed by atoms with Gasteiger partial charge < -0.3 is 61.9 Å². The Bertz CT molecular complexity index is 1880. The Balaban J connectivity index is 1.76. The highest BCUT2D eigenvalue weighted by molar-refractivity contribution is 7.46. The number of amides is 6. The lowest BCUT2D eigenvalue weighted by molar-refractivity contribution is -0.142. The van der Waals surface area contributed by atoms with Gasteiger partial charge in [0.05, 0.1) is 25.3 Å². The fraction of sp³-hybridized carbons (Fsp3) is 0.459. The van der Waals surface area contributed by atoms with E-state index in [4.69, 9.17) is 20.6 Å². The summed E-state index contributed by atoms with van der Waals surface area (Å²) in [5.41, 5.74) is 7.10. The molecular formula is C37H50N7O15P. The van der Waals surface area contributed by atoms with Crippen LogP contribution in [0.1, 0.15) is 43.7 Å². The molecule has 6 amide bonds. The number of aldehydes is 1. The number of phosphoric ester groups is 1. The van der Waals surface area contributed by atoms with Gasteiger partial charge in [-0.05, 0) is 55.9 Å². The van der Waals surface area contributed by atoms with Crippen molar-refractivity contribution in [2.75, 3.05) is 19.8 Å². The zero-order valence-corrected chi connectivity index (χ0v) is 33.4. The third-order valence-corrected chi connectivity index (χ3v) is 9.67. The van der Waals surface area contributed by atoms with E-state index in [0.717, 1.165) is 10.5 Å². The lowest BCUT2D eigenvalue weighted by Crippen LogP contribution is -2.60. The molecule has 2 aromatic carbocycles. The number of carbonyl (C=O) groups is 8. The lowest BCUT2D eigenvalue weighted by atomic mass is 10.0. The smallest absolute Gasteiger partial charge is 0.481 e. The average molecular weight is 864 g/mol. The summed E-state index contributed by atoms with van der Waals surface area (Å²) in [6.07, 6.45) is -0.121. The van der Waals surface area contributed by atoms with Gasteiger partial charge in [0.2, 0.25) is 35.4 Å². The fourth-order valence-corrected chi connectivity index (χ4v) is 6.47. The van der Waals surface area contributed by atoms with E-state index < -0.39 is 111 Å². The van der Waals surface area contributed by atoms with Crippen LogP contribution in [0.5, 0.6) is 5.75 Å². The highest BCUT2D eigenvalue weighted by atomic mass is 31.2. The van der Waals surface area contributed by atoms with Crippen LogP contribution < -0.4 is 36.8 Å². The molecule has 0 unspecified atom stereocenters. The van der Waals surface area contributed by atoms with E-state index in [9.17, 15) is 53.1 Å². The number of aliphatic carboxylic acids is 1. The Hall–Kier alpha value is -5.77. The molecule has 0 aromatic heterocycles. The zero-order valence-electron chi connectivity index (χ0n) is 32.5. The second-order valence-corrected chi connectivity index (χ2v) is 15.0. The molecule has 1 aliphatic rings. The van der Waals surface area contributed by atoms with Gasteiger partial charge in [0.1, 0.15) is 42.2 Å². The Labute approximate surface area is 343 Å². The molecule has 7 atom stereocenters. The molecule has 60 heavy (non-hydrogen) atoms. The molecule has 23 heteroatoms. The first kappa shape index (κ1) is 48.6. The number of nitrogens with zero attached hydrogens (tertiary/aromatic N) is 1. The standard InChI is InChI=1S/C37H50N7O15P/c1-21(39-34(52)28(19-46)42-33(51)26(38)16-22-6-3-2-4-7-22)32(50)41-27(17-23-9-12-25(13-10-23)59-60(56,57)58)37(55)44-15-5-8-30(44)36(54)43-29(20-47)35(53)40-24(18-45)11-14-31(48)49/h2-4,6-7,9-10,12-13,18,21,24,26-30,46-47H,5,8,11,14-17,19-20,38H2,1H3,(H,39,52)(H,40,53)(H,41,50)(H,42,51)(H,43,54)(H,48,49)(H2,56,57,58)/t21-,24-,26-,27-,28-,29-,30-/m0/s1. The number of rotatable bonds is 23. The summed E-state index contributed by atoms with van der Waals surface area (Å²) < 4.78 is 15.9. The number of carboxylic acids is 1. The summed E-state index contributed by atoms with van der Waals surface area (Å²) in [4.78, 5) is 122. The van der Waals surface area contributed by atoms with Crippen molar-refractivity contribution in [2.24, 2.45) is 5.73 Å². The maximum Gasteiger partial charge on any atom is 0.524 e. The van der Waals surface area contributed by atoms with Crippen molar-refractivity contribution in [3.05, 3.63) is 65.7 Å². The number of phosphoric acid groups is 1. The van der Waals surface area contributed by atoms with Crippen molar-refractivity contribution in [2.45, 2.75) is 87.7 Å². The summed E-state index contributed by atoms with van der Waals surface area (Å²) in [6.45, 7) is -0.503. The molecular weight excluding hydrogens is 813 g/mol. The molecule has 3 rings (SSSR count). The minimum atomic E-state index is -4.90. The molecule has 0 aliphatic carbocycles. The van der Waals surface area contributed by atoms with E-state index in [0.29, 0.717) is 18.3 Å². The van der Waals surface area contributed by atoms with Gasteiger partial charge in [-0.25, -0.2) is 4.57 Å². The minimum absolute atomic E-state index is 0.00726. The SMILES string of the molecule is C[C@H](NC(=O)[C@H](CO)NC(=O)[C@@H](N)Cc1ccccc1)C(=O)N[C@@H](Cc1ccc(OP(=O)(O)O)cc1)C(=O)N1CCC[C@H]1C(=O)N[C@@H](CO)C(=O)N[C@H](C=O)CCC(=O)O. The number of carbonyl (C=O) groups excluding carboxylic acids is 7. The number of nitrogens with one attached hydrogen (secondary N) is 5. The van der Waals surface area contributed by atoms with Crippen molar-refractivity contribution in [3.8, 4) is 5.75 Å². The van der Waals surface area contributed by atoms with Crippen molar-refractivity contribution >= 4 is 55.5 Å². The quantitative estimate of drug-likeness (QED) is 0.0386. The van der Waals surface area contributed by atoms with Crippen LogP contribution in [0, 0.1) is 0 Å². The second kappa shape index (κ2) is 23.1. The number of aliphatic hydroxyl groups is 2. The minimum Gasteiger partial charge on any atom is -0.481 e. The van der Waals surface area contributed by atoms with Gasteiger partial charge in [-0.2, -0.15) is 0 Å². The lowest BCUT2D eigenvalue weighted by Gasteiger charge is -2.30. The van der Waals surface area contributed by atoms with Crippen molar-refractivity contribution in [3.63, 3.8) is 0 Å². The van der Waals surface area contributed by atoms with Gasteiger partial charge in [0, 0.05) is 19.4 Å². The van der Waals surface area contributed by atoms with Gasteiger partial charge in [-0.1, -0.05) is 42.5 Å². The number of benzene rings is 2. The van der Waals surface area contributed by atoms with Gasteiger partial charge in [0.25, 0.3) is 0 Å². The molecule has 12 N–H and O–H groups in total. The average Bonchev–Trinajstić information content (AvgIpc) is 3.70. The number of carboxylic acid groups (broad SMARTS) is 1. The molecule has 0 spiro atoms.